The summed E-state index contributed by atoms with van der Waals surface area (Å²) in [6, 6.07) is 29.4. The van der Waals surface area contributed by atoms with Crippen molar-refractivity contribution in [2.75, 3.05) is 0 Å². The lowest BCUT2D eigenvalue weighted by Crippen LogP contribution is -2.41. The van der Waals surface area contributed by atoms with E-state index >= 15 is 0 Å². The van der Waals surface area contributed by atoms with Crippen LogP contribution in [0.3, 0.4) is 0 Å². The molecule has 1 unspecified atom stereocenters. The van der Waals surface area contributed by atoms with E-state index in [0.29, 0.717) is 13.2 Å². The number of hydrogen-bond acceptors (Lipinski definition) is 5. The quantitative estimate of drug-likeness (QED) is 0.339. The molecule has 0 amide bonds. The summed E-state index contributed by atoms with van der Waals surface area (Å²) in [6.07, 6.45) is 0.169. The molecule has 5 heteroatoms. The molecule has 1 heterocycles. The molecule has 1 aliphatic carbocycles. The summed E-state index contributed by atoms with van der Waals surface area (Å²) < 4.78 is 24.7. The third-order valence-electron chi connectivity index (χ3n) is 6.32. The molecule has 5 nitrogen and oxygen atoms in total. The maximum Gasteiger partial charge on any atom is 0.339 e. The Morgan fingerprint density at radius 2 is 1.24 bits per heavy atom. The molecule has 1 saturated heterocycles. The molecule has 0 spiro atoms. The van der Waals surface area contributed by atoms with E-state index in [9.17, 15) is 4.79 Å². The van der Waals surface area contributed by atoms with Gasteiger partial charge < -0.3 is 18.9 Å². The zero-order chi connectivity index (χ0) is 22.7. The Bertz CT molecular complexity index is 1100. The van der Waals surface area contributed by atoms with Crippen molar-refractivity contribution in [3.63, 3.8) is 0 Å². The van der Waals surface area contributed by atoms with E-state index in [0.717, 1.165) is 16.7 Å². The largest absolute Gasteiger partial charge is 0.447 e. The zero-order valence-electron chi connectivity index (χ0n) is 18.3. The predicted octanol–water partition coefficient (Wildman–Crippen LogP) is 4.61. The Morgan fingerprint density at radius 1 is 0.758 bits per heavy atom. The number of carbonyl (C=O) groups excluding carboxylic acids is 1. The maximum absolute atomic E-state index is 12.9. The molecule has 4 atom stereocenters. The molecule has 1 aliphatic heterocycles. The Kier molecular flexibility index (Phi) is 5.85. The Hall–Kier alpha value is -3.25. The molecular formula is C28H26O5. The number of fused-ring (bicyclic) bond motifs is 1. The van der Waals surface area contributed by atoms with E-state index in [4.69, 9.17) is 18.9 Å². The summed E-state index contributed by atoms with van der Waals surface area (Å²) in [5.74, 6) is -0.460. The van der Waals surface area contributed by atoms with Crippen LogP contribution in [0.2, 0.25) is 0 Å². The molecule has 2 fully saturated rings. The summed E-state index contributed by atoms with van der Waals surface area (Å²) in [7, 11) is 0. The van der Waals surface area contributed by atoms with Gasteiger partial charge in [0.25, 0.3) is 0 Å². The minimum atomic E-state index is -1.11. The molecule has 0 radical (unpaired) electrons. The first-order valence-electron chi connectivity index (χ1n) is 11.0. The molecule has 1 saturated carbocycles. The smallest absolute Gasteiger partial charge is 0.339 e. The molecule has 2 aliphatic rings. The minimum Gasteiger partial charge on any atom is -0.447 e. The molecule has 3 aromatic carbocycles. The number of esters is 1. The van der Waals surface area contributed by atoms with Gasteiger partial charge in [0.05, 0.1) is 19.8 Å². The van der Waals surface area contributed by atoms with E-state index < -0.39 is 29.4 Å². The number of hydrogen-bond donors (Lipinski definition) is 0. The highest BCUT2D eigenvalue weighted by atomic mass is 16.7. The van der Waals surface area contributed by atoms with E-state index in [1.165, 1.54) is 0 Å². The third kappa shape index (κ3) is 3.78. The van der Waals surface area contributed by atoms with Crippen LogP contribution in [0.5, 0.6) is 0 Å². The van der Waals surface area contributed by atoms with Crippen molar-refractivity contribution in [3.8, 4) is 0 Å². The van der Waals surface area contributed by atoms with Crippen LogP contribution in [0.15, 0.2) is 104 Å². The standard InChI is InChI=1S/C28H26O5/c1-2-27-26(31-19-22-14-8-4-9-15-22)28(27,32-20-23-16-10-5-11-17-23)24(25(29)33-27)30-18-21-12-6-3-7-13-21/h2-17,24,26H,1,18-20H2/t24-,26?,27+,28+/m0/s1. The Labute approximate surface area is 193 Å². The highest BCUT2D eigenvalue weighted by molar-refractivity contribution is 5.85. The zero-order valence-corrected chi connectivity index (χ0v) is 18.3. The molecule has 168 valence electrons. The molecule has 33 heavy (non-hydrogen) atoms. The average molecular weight is 443 g/mol. The van der Waals surface area contributed by atoms with Gasteiger partial charge in [-0.1, -0.05) is 97.6 Å². The maximum atomic E-state index is 12.9. The molecule has 0 N–H and O–H groups in total. The summed E-state index contributed by atoms with van der Waals surface area (Å²) in [5.41, 5.74) is 0.773. The molecule has 3 aromatic rings. The predicted molar refractivity (Wildman–Crippen MR) is 123 cm³/mol. The van der Waals surface area contributed by atoms with Crippen molar-refractivity contribution in [1.82, 2.24) is 0 Å². The lowest BCUT2D eigenvalue weighted by Gasteiger charge is -2.23. The summed E-state index contributed by atoms with van der Waals surface area (Å²) in [4.78, 5) is 12.9. The van der Waals surface area contributed by atoms with Crippen molar-refractivity contribution in [2.45, 2.75) is 43.2 Å². The van der Waals surface area contributed by atoms with Crippen molar-refractivity contribution < 1.29 is 23.7 Å². The van der Waals surface area contributed by atoms with Crippen LogP contribution in [0, 0.1) is 0 Å². The fourth-order valence-electron chi connectivity index (χ4n) is 4.60. The van der Waals surface area contributed by atoms with Crippen LogP contribution in [-0.4, -0.2) is 29.4 Å². The normalized spacial score (nSPS) is 27.6. The van der Waals surface area contributed by atoms with E-state index in [2.05, 4.69) is 6.58 Å². The minimum absolute atomic E-state index is 0.260. The molecule has 0 aromatic heterocycles. The van der Waals surface area contributed by atoms with Crippen LogP contribution >= 0.6 is 0 Å². The Morgan fingerprint density at radius 3 is 1.76 bits per heavy atom. The van der Waals surface area contributed by atoms with E-state index in [1.807, 2.05) is 91.0 Å². The topological polar surface area (TPSA) is 54.0 Å². The van der Waals surface area contributed by atoms with Crippen molar-refractivity contribution in [2.24, 2.45) is 0 Å². The van der Waals surface area contributed by atoms with Crippen LogP contribution in [0.25, 0.3) is 0 Å². The van der Waals surface area contributed by atoms with Crippen molar-refractivity contribution in [1.29, 1.82) is 0 Å². The Balaban J connectivity index is 1.41. The summed E-state index contributed by atoms with van der Waals surface area (Å²) in [5, 5.41) is 0. The first-order chi connectivity index (χ1) is 16.2. The van der Waals surface area contributed by atoms with Gasteiger partial charge in [0.2, 0.25) is 0 Å². The van der Waals surface area contributed by atoms with E-state index in [-0.39, 0.29) is 6.61 Å². The lowest BCUT2D eigenvalue weighted by molar-refractivity contribution is -0.167. The van der Waals surface area contributed by atoms with Gasteiger partial charge in [-0.3, -0.25) is 0 Å². The van der Waals surface area contributed by atoms with Crippen molar-refractivity contribution in [3.05, 3.63) is 120 Å². The van der Waals surface area contributed by atoms with Crippen LogP contribution in [0.1, 0.15) is 16.7 Å². The third-order valence-corrected chi connectivity index (χ3v) is 6.32. The number of benzene rings is 3. The fraction of sp³-hybridized carbons (Fsp3) is 0.250. The monoisotopic (exact) mass is 442 g/mol. The van der Waals surface area contributed by atoms with E-state index in [1.54, 1.807) is 6.08 Å². The molecule has 5 rings (SSSR count). The SMILES string of the molecule is C=C[C@]12OC(=O)[C@H](OCc3ccccc3)[C@@]1(OCc1ccccc1)C2OCc1ccccc1. The van der Waals surface area contributed by atoms with Gasteiger partial charge in [-0.15, -0.1) is 0 Å². The van der Waals surface area contributed by atoms with Crippen LogP contribution < -0.4 is 0 Å². The van der Waals surface area contributed by atoms with Gasteiger partial charge in [0, 0.05) is 0 Å². The highest BCUT2D eigenvalue weighted by Gasteiger charge is 2.90. The van der Waals surface area contributed by atoms with Gasteiger partial charge in [0.1, 0.15) is 6.10 Å². The van der Waals surface area contributed by atoms with Crippen molar-refractivity contribution >= 4 is 5.97 Å². The van der Waals surface area contributed by atoms with Gasteiger partial charge in [-0.25, -0.2) is 4.79 Å². The molecular weight excluding hydrogens is 416 g/mol. The number of carbonyl (C=O) groups is 1. The van der Waals surface area contributed by atoms with Crippen LogP contribution in [-0.2, 0) is 43.6 Å². The van der Waals surface area contributed by atoms with Gasteiger partial charge in [-0.05, 0) is 22.8 Å². The van der Waals surface area contributed by atoms with Crippen LogP contribution in [0.4, 0.5) is 0 Å². The second-order valence-electron chi connectivity index (χ2n) is 8.34. The fourth-order valence-corrected chi connectivity index (χ4v) is 4.60. The van der Waals surface area contributed by atoms with Gasteiger partial charge in [0.15, 0.2) is 17.3 Å². The second kappa shape index (κ2) is 8.94. The van der Waals surface area contributed by atoms with Gasteiger partial charge >= 0.3 is 5.97 Å². The lowest BCUT2D eigenvalue weighted by atomic mass is 10.1. The first-order valence-corrected chi connectivity index (χ1v) is 11.0. The highest BCUT2D eigenvalue weighted by Crippen LogP contribution is 2.64. The first kappa shape index (κ1) is 21.6. The number of ether oxygens (including phenoxy) is 4. The molecule has 0 bridgehead atoms. The summed E-state index contributed by atoms with van der Waals surface area (Å²) >= 11 is 0. The van der Waals surface area contributed by atoms with Gasteiger partial charge in [-0.2, -0.15) is 0 Å². The number of rotatable bonds is 10. The second-order valence-corrected chi connectivity index (χ2v) is 8.34. The summed E-state index contributed by atoms with van der Waals surface area (Å²) in [6.45, 7) is 4.87. The average Bonchev–Trinajstić information content (AvgIpc) is 3.32.